The van der Waals surface area contributed by atoms with Crippen molar-refractivity contribution in [3.05, 3.63) is 34.9 Å². The number of nitrogens with one attached hydrogen (secondary N) is 1. The highest BCUT2D eigenvalue weighted by molar-refractivity contribution is 6.31. The monoisotopic (exact) mass is 352 g/mol. The van der Waals surface area contributed by atoms with Crippen LogP contribution in [-0.4, -0.2) is 41.6 Å². The second kappa shape index (κ2) is 8.12. The van der Waals surface area contributed by atoms with Crippen molar-refractivity contribution in [1.82, 2.24) is 15.0 Å². The third-order valence-electron chi connectivity index (χ3n) is 3.65. The van der Waals surface area contributed by atoms with Crippen molar-refractivity contribution < 1.29 is 14.1 Å². The Hall–Kier alpha value is -2.12. The van der Waals surface area contributed by atoms with Crippen molar-refractivity contribution in [3.8, 4) is 5.75 Å². The Morgan fingerprint density at radius 3 is 2.88 bits per heavy atom. The van der Waals surface area contributed by atoms with E-state index < -0.39 is 0 Å². The first kappa shape index (κ1) is 18.2. The molecule has 2 aromatic rings. The van der Waals surface area contributed by atoms with Gasteiger partial charge in [0.15, 0.2) is 5.82 Å². The molecule has 0 spiro atoms. The maximum atomic E-state index is 12.3. The molecule has 0 radical (unpaired) electrons. The van der Waals surface area contributed by atoms with Gasteiger partial charge in [-0.1, -0.05) is 23.7 Å². The molecule has 24 heavy (non-hydrogen) atoms. The van der Waals surface area contributed by atoms with Gasteiger partial charge in [-0.2, -0.15) is 4.98 Å². The van der Waals surface area contributed by atoms with Crippen LogP contribution in [0.25, 0.3) is 0 Å². The summed E-state index contributed by atoms with van der Waals surface area (Å²) < 4.78 is 10.4. The molecule has 0 saturated heterocycles. The first-order valence-electron chi connectivity index (χ1n) is 7.60. The largest absolute Gasteiger partial charge is 0.495 e. The summed E-state index contributed by atoms with van der Waals surface area (Å²) >= 11 is 5.96. The van der Waals surface area contributed by atoms with Crippen LogP contribution in [0.1, 0.15) is 31.6 Å². The van der Waals surface area contributed by atoms with Crippen LogP contribution in [0.4, 0.5) is 5.69 Å². The van der Waals surface area contributed by atoms with Crippen LogP contribution in [0.3, 0.4) is 0 Å². The van der Waals surface area contributed by atoms with E-state index in [4.69, 9.17) is 20.9 Å². The van der Waals surface area contributed by atoms with Crippen LogP contribution in [0.15, 0.2) is 22.7 Å². The Morgan fingerprint density at radius 2 is 2.25 bits per heavy atom. The number of rotatable bonds is 7. The van der Waals surface area contributed by atoms with Gasteiger partial charge in [0.2, 0.25) is 11.8 Å². The third kappa shape index (κ3) is 4.46. The molecule has 1 heterocycles. The predicted octanol–water partition coefficient (Wildman–Crippen LogP) is 2.93. The minimum atomic E-state index is -0.194. The fraction of sp³-hybridized carbons (Fsp3) is 0.438. The van der Waals surface area contributed by atoms with Gasteiger partial charge in [0, 0.05) is 11.4 Å². The summed E-state index contributed by atoms with van der Waals surface area (Å²) in [5.74, 6) is 1.49. The number of nitrogens with zero attached hydrogens (tertiary/aromatic N) is 3. The summed E-state index contributed by atoms with van der Waals surface area (Å²) in [7, 11) is 3.35. The van der Waals surface area contributed by atoms with Crippen molar-refractivity contribution in [2.45, 2.75) is 26.3 Å². The highest BCUT2D eigenvalue weighted by atomic mass is 35.5. The highest BCUT2D eigenvalue weighted by Gasteiger charge is 2.21. The quantitative estimate of drug-likeness (QED) is 0.825. The molecule has 0 aliphatic rings. The standard InChI is InChI=1S/C16H21ClN4O3/c1-5-14-19-16(24-20-14)10(2)21(3)9-15(22)18-12-8-11(17)6-7-13(12)23-4/h6-8,10H,5,9H2,1-4H3,(H,18,22)/t10-/m0/s1. The molecule has 1 atom stereocenters. The second-order valence-electron chi connectivity index (χ2n) is 5.39. The van der Waals surface area contributed by atoms with E-state index >= 15 is 0 Å². The van der Waals surface area contributed by atoms with Crippen molar-refractivity contribution in [1.29, 1.82) is 0 Å². The average molecular weight is 353 g/mol. The average Bonchev–Trinajstić information content (AvgIpc) is 3.03. The molecule has 1 aromatic carbocycles. The molecule has 0 unspecified atom stereocenters. The first-order valence-corrected chi connectivity index (χ1v) is 7.98. The number of halogens is 1. The van der Waals surface area contributed by atoms with Crippen molar-refractivity contribution in [2.24, 2.45) is 0 Å². The number of carbonyl (C=O) groups is 1. The summed E-state index contributed by atoms with van der Waals surface area (Å²) in [6, 6.07) is 4.87. The van der Waals surface area contributed by atoms with Crippen LogP contribution in [0, 0.1) is 0 Å². The van der Waals surface area contributed by atoms with E-state index in [1.54, 1.807) is 18.2 Å². The summed E-state index contributed by atoms with van der Waals surface area (Å²) in [5.41, 5.74) is 0.530. The molecule has 7 nitrogen and oxygen atoms in total. The van der Waals surface area contributed by atoms with E-state index in [-0.39, 0.29) is 18.5 Å². The number of hydrogen-bond donors (Lipinski definition) is 1. The number of benzene rings is 1. The molecular weight excluding hydrogens is 332 g/mol. The van der Waals surface area contributed by atoms with Gasteiger partial charge in [-0.05, 0) is 32.2 Å². The number of carbonyl (C=O) groups excluding carboxylic acids is 1. The summed E-state index contributed by atoms with van der Waals surface area (Å²) in [4.78, 5) is 18.4. The van der Waals surface area contributed by atoms with Crippen molar-refractivity contribution in [3.63, 3.8) is 0 Å². The second-order valence-corrected chi connectivity index (χ2v) is 5.82. The maximum absolute atomic E-state index is 12.3. The van der Waals surface area contributed by atoms with Crippen LogP contribution in [0.5, 0.6) is 5.75 Å². The van der Waals surface area contributed by atoms with Crippen LogP contribution >= 0.6 is 11.6 Å². The molecule has 0 fully saturated rings. The highest BCUT2D eigenvalue weighted by Crippen LogP contribution is 2.27. The van der Waals surface area contributed by atoms with E-state index in [1.165, 1.54) is 7.11 Å². The Morgan fingerprint density at radius 1 is 1.50 bits per heavy atom. The number of methoxy groups -OCH3 is 1. The molecule has 1 N–H and O–H groups in total. The van der Waals surface area contributed by atoms with E-state index in [1.807, 2.05) is 25.8 Å². The van der Waals surface area contributed by atoms with E-state index in [2.05, 4.69) is 15.5 Å². The van der Waals surface area contributed by atoms with Gasteiger partial charge in [-0.25, -0.2) is 0 Å². The van der Waals surface area contributed by atoms with Gasteiger partial charge in [-0.3, -0.25) is 9.69 Å². The van der Waals surface area contributed by atoms with Gasteiger partial charge in [0.1, 0.15) is 5.75 Å². The first-order chi connectivity index (χ1) is 11.4. The SMILES string of the molecule is CCc1noc([C@H](C)N(C)CC(=O)Nc2cc(Cl)ccc2OC)n1. The lowest BCUT2D eigenvalue weighted by Gasteiger charge is -2.21. The molecule has 1 aromatic heterocycles. The molecule has 0 aliphatic carbocycles. The van der Waals surface area contributed by atoms with Crippen LogP contribution in [-0.2, 0) is 11.2 Å². The molecular formula is C16H21ClN4O3. The lowest BCUT2D eigenvalue weighted by molar-refractivity contribution is -0.117. The van der Waals surface area contributed by atoms with Gasteiger partial charge < -0.3 is 14.6 Å². The molecule has 1 amide bonds. The summed E-state index contributed by atoms with van der Waals surface area (Å²) in [6.45, 7) is 4.01. The van der Waals surface area contributed by atoms with E-state index in [0.717, 1.165) is 0 Å². The lowest BCUT2D eigenvalue weighted by atomic mass is 10.2. The third-order valence-corrected chi connectivity index (χ3v) is 3.88. The molecule has 0 saturated carbocycles. The molecule has 2 rings (SSSR count). The number of likely N-dealkylation sites (N-methyl/N-ethyl adjacent to an activating group) is 1. The zero-order valence-electron chi connectivity index (χ0n) is 14.2. The Balaban J connectivity index is 2.00. The Bertz CT molecular complexity index is 704. The number of ether oxygens (including phenoxy) is 1. The summed E-state index contributed by atoms with van der Waals surface area (Å²) in [6.07, 6.45) is 0.703. The maximum Gasteiger partial charge on any atom is 0.243 e. The normalized spacial score (nSPS) is 12.2. The zero-order valence-corrected chi connectivity index (χ0v) is 14.9. The Labute approximate surface area is 145 Å². The van der Waals surface area contributed by atoms with E-state index in [9.17, 15) is 4.79 Å². The fourth-order valence-electron chi connectivity index (χ4n) is 2.10. The van der Waals surface area contributed by atoms with Crippen molar-refractivity contribution >= 4 is 23.2 Å². The van der Waals surface area contributed by atoms with Gasteiger partial charge in [0.25, 0.3) is 0 Å². The van der Waals surface area contributed by atoms with Gasteiger partial charge >= 0.3 is 0 Å². The topological polar surface area (TPSA) is 80.5 Å². The number of aryl methyl sites for hydroxylation is 1. The molecule has 0 aliphatic heterocycles. The Kier molecular flexibility index (Phi) is 6.16. The van der Waals surface area contributed by atoms with Crippen molar-refractivity contribution in [2.75, 3.05) is 26.0 Å². The summed E-state index contributed by atoms with van der Waals surface area (Å²) in [5, 5.41) is 7.19. The minimum absolute atomic E-state index is 0.153. The van der Waals surface area contributed by atoms with Gasteiger partial charge in [-0.15, -0.1) is 0 Å². The minimum Gasteiger partial charge on any atom is -0.495 e. The lowest BCUT2D eigenvalue weighted by Crippen LogP contribution is -2.32. The fourth-order valence-corrected chi connectivity index (χ4v) is 2.27. The zero-order chi connectivity index (χ0) is 17.7. The predicted molar refractivity (Wildman–Crippen MR) is 91.4 cm³/mol. The van der Waals surface area contributed by atoms with E-state index in [0.29, 0.717) is 34.6 Å². The number of aromatic nitrogens is 2. The molecule has 130 valence electrons. The van der Waals surface area contributed by atoms with Crippen LogP contribution < -0.4 is 10.1 Å². The number of anilines is 1. The van der Waals surface area contributed by atoms with Gasteiger partial charge in [0.05, 0.1) is 25.4 Å². The van der Waals surface area contributed by atoms with Crippen LogP contribution in [0.2, 0.25) is 5.02 Å². The number of amides is 1. The smallest absolute Gasteiger partial charge is 0.243 e. The molecule has 0 bridgehead atoms. The number of hydrogen-bond acceptors (Lipinski definition) is 6. The molecule has 8 heteroatoms.